The van der Waals surface area contributed by atoms with Crippen LogP contribution in [0, 0.1) is 0 Å². The highest BCUT2D eigenvalue weighted by Crippen LogP contribution is 2.13. The van der Waals surface area contributed by atoms with Crippen LogP contribution < -0.4 is 17.0 Å². The molecule has 0 aliphatic rings. The van der Waals surface area contributed by atoms with E-state index in [1.54, 1.807) is 0 Å². The molecule has 0 unspecified atom stereocenters. The van der Waals surface area contributed by atoms with Gasteiger partial charge in [0.2, 0.25) is 0 Å². The standard InChI is InChI=1S/C32H60NO3.BrH/c1-7-8-9-10-11-12-13-14-15-16-17-18-19-23-31(34)24-26-33(5,6)28-32(35)36-27-25-30(4)22-20-21-29(2)3;/h21,25H,7-20,22-24,26-28H2,1-6H3;1H/q+1;/p-1. The first-order valence-electron chi connectivity index (χ1n) is 14.9. The van der Waals surface area contributed by atoms with E-state index in [0.717, 1.165) is 25.7 Å². The minimum Gasteiger partial charge on any atom is -1.00 e. The summed E-state index contributed by atoms with van der Waals surface area (Å²) >= 11 is 0. The number of likely N-dealkylation sites (N-methyl/N-ethyl adjacent to an activating group) is 1. The number of rotatable bonds is 24. The van der Waals surface area contributed by atoms with Gasteiger partial charge in [-0.2, -0.15) is 0 Å². The molecule has 0 heterocycles. The number of hydrogen-bond acceptors (Lipinski definition) is 3. The van der Waals surface area contributed by atoms with Crippen molar-refractivity contribution in [2.24, 2.45) is 0 Å². The number of hydrogen-bond donors (Lipinski definition) is 0. The zero-order valence-electron chi connectivity index (χ0n) is 25.3. The van der Waals surface area contributed by atoms with E-state index in [1.807, 2.05) is 20.2 Å². The minimum absolute atomic E-state index is 0. The third-order valence-corrected chi connectivity index (χ3v) is 6.88. The van der Waals surface area contributed by atoms with Gasteiger partial charge in [-0.25, -0.2) is 4.79 Å². The van der Waals surface area contributed by atoms with E-state index in [1.165, 1.54) is 81.8 Å². The lowest BCUT2D eigenvalue weighted by Gasteiger charge is -2.28. The molecule has 0 saturated heterocycles. The third kappa shape index (κ3) is 27.9. The molecule has 5 heteroatoms. The number of carbonyl (C=O) groups excluding carboxylic acids is 2. The molecule has 0 aliphatic carbocycles. The van der Waals surface area contributed by atoms with Crippen LogP contribution in [0.1, 0.15) is 137 Å². The molecule has 0 N–H and O–H groups in total. The maximum absolute atomic E-state index is 12.3. The Balaban J connectivity index is 0. The predicted molar refractivity (Wildman–Crippen MR) is 155 cm³/mol. The zero-order valence-corrected chi connectivity index (χ0v) is 26.9. The van der Waals surface area contributed by atoms with Crippen molar-refractivity contribution in [1.82, 2.24) is 0 Å². The van der Waals surface area contributed by atoms with Crippen LogP contribution in [0.25, 0.3) is 0 Å². The highest BCUT2D eigenvalue weighted by Gasteiger charge is 2.22. The maximum Gasteiger partial charge on any atom is 0.362 e. The summed E-state index contributed by atoms with van der Waals surface area (Å²) in [5.74, 6) is 0.129. The van der Waals surface area contributed by atoms with E-state index in [-0.39, 0.29) is 23.0 Å². The molecule has 0 rings (SSSR count). The first kappa shape index (κ1) is 38.2. The Morgan fingerprint density at radius 3 is 1.73 bits per heavy atom. The topological polar surface area (TPSA) is 43.4 Å². The molecule has 0 saturated carbocycles. The lowest BCUT2D eigenvalue weighted by molar-refractivity contribution is -0.882. The highest BCUT2D eigenvalue weighted by molar-refractivity contribution is 5.78. The molecular weight excluding hydrogens is 526 g/mol. The number of esters is 1. The van der Waals surface area contributed by atoms with Gasteiger partial charge in [0.1, 0.15) is 12.4 Å². The van der Waals surface area contributed by atoms with Gasteiger partial charge in [0.15, 0.2) is 6.54 Å². The summed E-state index contributed by atoms with van der Waals surface area (Å²) in [5, 5.41) is 0. The fraction of sp³-hybridized carbons (Fsp3) is 0.812. The van der Waals surface area contributed by atoms with E-state index in [0.29, 0.717) is 42.8 Å². The molecule has 218 valence electrons. The SMILES string of the molecule is CCCCCCCCCCCCCCCC(=O)CC[N+](C)(C)CC(=O)OCC=C(C)CCC=C(C)C.[Br-]. The number of ether oxygens (including phenoxy) is 1. The molecule has 0 fully saturated rings. The van der Waals surface area contributed by atoms with Gasteiger partial charge in [-0.15, -0.1) is 0 Å². The second-order valence-electron chi connectivity index (χ2n) is 11.7. The molecule has 0 aromatic carbocycles. The van der Waals surface area contributed by atoms with Crippen molar-refractivity contribution >= 4 is 11.8 Å². The van der Waals surface area contributed by atoms with Gasteiger partial charge >= 0.3 is 5.97 Å². The van der Waals surface area contributed by atoms with Gasteiger partial charge in [-0.1, -0.05) is 101 Å². The predicted octanol–water partition coefficient (Wildman–Crippen LogP) is 5.74. The second-order valence-corrected chi connectivity index (χ2v) is 11.7. The third-order valence-electron chi connectivity index (χ3n) is 6.88. The largest absolute Gasteiger partial charge is 1.00 e. The number of halogens is 1. The van der Waals surface area contributed by atoms with Crippen molar-refractivity contribution in [3.05, 3.63) is 23.3 Å². The van der Waals surface area contributed by atoms with Gasteiger partial charge in [-0.3, -0.25) is 4.79 Å². The van der Waals surface area contributed by atoms with E-state index in [9.17, 15) is 9.59 Å². The Morgan fingerprint density at radius 1 is 0.703 bits per heavy atom. The molecular formula is C32H60BrNO3. The number of ketones is 1. The number of carbonyl (C=O) groups is 2. The average molecular weight is 587 g/mol. The molecule has 4 nitrogen and oxygen atoms in total. The summed E-state index contributed by atoms with van der Waals surface area (Å²) in [6, 6.07) is 0. The number of Topliss-reactive ketones (excluding diaryl/α,β-unsaturated/α-hetero) is 1. The first-order chi connectivity index (χ1) is 17.2. The second kappa shape index (κ2) is 25.3. The summed E-state index contributed by atoms with van der Waals surface area (Å²) in [4.78, 5) is 24.5. The lowest BCUT2D eigenvalue weighted by atomic mass is 10.0. The summed E-state index contributed by atoms with van der Waals surface area (Å²) in [6.45, 7) is 9.88. The van der Waals surface area contributed by atoms with Crippen LogP contribution in [0.15, 0.2) is 23.3 Å². The van der Waals surface area contributed by atoms with E-state index in [2.05, 4.69) is 33.8 Å². The molecule has 0 amide bonds. The van der Waals surface area contributed by atoms with Gasteiger partial charge in [0.25, 0.3) is 0 Å². The number of nitrogens with zero attached hydrogens (tertiary/aromatic N) is 1. The van der Waals surface area contributed by atoms with Gasteiger partial charge < -0.3 is 26.2 Å². The van der Waals surface area contributed by atoms with Crippen LogP contribution in [0.2, 0.25) is 0 Å². The first-order valence-corrected chi connectivity index (χ1v) is 14.9. The molecule has 0 atom stereocenters. The van der Waals surface area contributed by atoms with Gasteiger partial charge in [-0.05, 0) is 46.1 Å². The summed E-state index contributed by atoms with van der Waals surface area (Å²) < 4.78 is 5.90. The molecule has 0 spiro atoms. The molecule has 0 aliphatic heterocycles. The van der Waals surface area contributed by atoms with Crippen molar-refractivity contribution in [2.75, 3.05) is 33.8 Å². The smallest absolute Gasteiger partial charge is 0.362 e. The van der Waals surface area contributed by atoms with Crippen LogP contribution >= 0.6 is 0 Å². The fourth-order valence-corrected chi connectivity index (χ4v) is 4.33. The molecule has 0 radical (unpaired) electrons. The normalized spacial score (nSPS) is 11.7. The quantitative estimate of drug-likeness (QED) is 0.0627. The van der Waals surface area contributed by atoms with Crippen molar-refractivity contribution in [3.8, 4) is 0 Å². The van der Waals surface area contributed by atoms with Crippen molar-refractivity contribution < 1.29 is 35.8 Å². The average Bonchev–Trinajstić information content (AvgIpc) is 2.80. The van der Waals surface area contributed by atoms with Crippen LogP contribution in [0.5, 0.6) is 0 Å². The Hall–Kier alpha value is -0.940. The lowest BCUT2D eigenvalue weighted by Crippen LogP contribution is -3.00. The minimum atomic E-state index is -0.197. The summed E-state index contributed by atoms with van der Waals surface area (Å²) in [5.41, 5.74) is 2.57. The van der Waals surface area contributed by atoms with Gasteiger partial charge in [0.05, 0.1) is 27.1 Å². The Bertz CT molecular complexity index is 636. The number of unbranched alkanes of at least 4 members (excludes halogenated alkanes) is 12. The monoisotopic (exact) mass is 585 g/mol. The maximum atomic E-state index is 12.3. The van der Waals surface area contributed by atoms with Crippen LogP contribution in [0.4, 0.5) is 0 Å². The van der Waals surface area contributed by atoms with Crippen molar-refractivity contribution in [1.29, 1.82) is 0 Å². The van der Waals surface area contributed by atoms with E-state index >= 15 is 0 Å². The molecule has 0 bridgehead atoms. The Kier molecular flexibility index (Phi) is 26.2. The van der Waals surface area contributed by atoms with Crippen LogP contribution in [-0.4, -0.2) is 50.0 Å². The van der Waals surface area contributed by atoms with Crippen LogP contribution in [0.3, 0.4) is 0 Å². The highest BCUT2D eigenvalue weighted by atomic mass is 79.9. The summed E-state index contributed by atoms with van der Waals surface area (Å²) in [7, 11) is 4.00. The van der Waals surface area contributed by atoms with Crippen LogP contribution in [-0.2, 0) is 14.3 Å². The Labute approximate surface area is 241 Å². The Morgan fingerprint density at radius 2 is 1.22 bits per heavy atom. The molecule has 0 aromatic rings. The van der Waals surface area contributed by atoms with Gasteiger partial charge in [0, 0.05) is 6.42 Å². The van der Waals surface area contributed by atoms with E-state index in [4.69, 9.17) is 4.74 Å². The van der Waals surface area contributed by atoms with Crippen molar-refractivity contribution in [3.63, 3.8) is 0 Å². The molecule has 37 heavy (non-hydrogen) atoms. The zero-order chi connectivity index (χ0) is 27.1. The van der Waals surface area contributed by atoms with E-state index < -0.39 is 0 Å². The van der Waals surface area contributed by atoms with Crippen molar-refractivity contribution in [2.45, 2.75) is 137 Å². The number of quaternary nitrogens is 1. The fourth-order valence-electron chi connectivity index (χ4n) is 4.33. The molecule has 0 aromatic heterocycles. The number of allylic oxidation sites excluding steroid dienone is 3. The summed E-state index contributed by atoms with van der Waals surface area (Å²) in [6.07, 6.45) is 24.6.